The largest absolute Gasteiger partial charge is 0.457 e. The van der Waals surface area contributed by atoms with Gasteiger partial charge in [0.05, 0.1) is 55.6 Å². The molecular weight excluding hydrogens is 1470 g/mol. The lowest BCUT2D eigenvalue weighted by atomic mass is 9.96. The van der Waals surface area contributed by atoms with Gasteiger partial charge in [-0.05, 0) is 215 Å². The molecular formula is C88H114ClNO15S4. The summed E-state index contributed by atoms with van der Waals surface area (Å²) in [5.74, 6) is 1.01. The number of ketones is 1. The van der Waals surface area contributed by atoms with Gasteiger partial charge in [-0.15, -0.1) is 0 Å². The van der Waals surface area contributed by atoms with Crippen LogP contribution in [0.25, 0.3) is 4.85 Å². The Kier molecular flexibility index (Phi) is 37.2. The standard InChI is InChI=1S/C16H15ClO.C16H21NO2.C16H24O3S.C16H20O3S.C13H18O3S.C11H16O3S/c1-12-2-7-14(8-3-12)16(18)11-6-13-4-9-15(17)10-5-13;1-7-11(2)12-8-9-13(14(10-12)17-6)15(18)19-16(3,4)5;2*1-3-13(2)14-9-11-16(12-10-14)20(17,18)19-15-7-5-4-6-8-15;1-11-7-9-13(10-8-11)17(14,15)16-12-5-3-2-4-6-12;1-9-5-7-10(8-6-9)15(12,13)14-11(2,3)4/h2-5,7-10H,6,11H2,1H3;8-11H,7H2,1-5H3;9-13,15H,3-8H2,1-2H3;4-7,9-13,15H,3,8H2,1-2H3;7-10,12H,2-6H2,1H3;5-8H,1-4H3. The first-order valence-electron chi connectivity index (χ1n) is 37.8. The predicted molar refractivity (Wildman–Crippen MR) is 438 cm³/mol. The van der Waals surface area contributed by atoms with Crippen molar-refractivity contribution in [2.45, 2.75) is 273 Å². The van der Waals surface area contributed by atoms with E-state index in [9.17, 15) is 43.3 Å². The molecule has 2 fully saturated rings. The number of allylic oxidation sites excluding steroid dienone is 2. The molecule has 0 amide bonds. The van der Waals surface area contributed by atoms with E-state index in [0.29, 0.717) is 41.8 Å². The second kappa shape index (κ2) is 44.0. The number of carbonyl (C=O) groups is 2. The summed E-state index contributed by atoms with van der Waals surface area (Å²) < 4.78 is 122. The number of benzene rings is 7. The fraction of sp³-hybridized carbons (Fsp3) is 0.443. The van der Waals surface area contributed by atoms with Crippen molar-refractivity contribution < 1.29 is 64.7 Å². The van der Waals surface area contributed by atoms with Crippen LogP contribution < -0.4 is 0 Å². The Morgan fingerprint density at radius 3 is 1.26 bits per heavy atom. The van der Waals surface area contributed by atoms with Gasteiger partial charge in [-0.1, -0.05) is 241 Å². The first-order valence-corrected chi connectivity index (χ1v) is 43.8. The third-order valence-corrected chi connectivity index (χ3v) is 24.3. The lowest BCUT2D eigenvalue weighted by Gasteiger charge is -2.21. The van der Waals surface area contributed by atoms with E-state index in [2.05, 4.69) is 46.4 Å². The highest BCUT2D eigenvalue weighted by Gasteiger charge is 2.28. The zero-order valence-corrected chi connectivity index (χ0v) is 70.3. The van der Waals surface area contributed by atoms with Gasteiger partial charge in [0.25, 0.3) is 40.5 Å². The summed E-state index contributed by atoms with van der Waals surface area (Å²) >= 11 is 5.82. The maximum absolute atomic E-state index is 12.2. The molecule has 7 aromatic carbocycles. The van der Waals surface area contributed by atoms with E-state index in [1.807, 2.05) is 133 Å². The molecule has 109 heavy (non-hydrogen) atoms. The monoisotopic (exact) mass is 1590 g/mol. The molecule has 3 aliphatic carbocycles. The highest BCUT2D eigenvalue weighted by Crippen LogP contribution is 2.32. The SMILES string of the molecule is CCC(C)c1ccc(S(=O)(=O)OC2C=CC=CC2)cc1.CCC(C)c1ccc(S(=O)(=O)OC2CCCCC2)cc1.Cc1ccc(C(=O)CCc2ccc(Cl)cc2)cc1.Cc1ccc(S(=O)(=O)OC(C)(C)C)cc1.Cc1ccc(S(=O)(=O)OC2CCCCC2)cc1.[C-]#[N+]c1cc(C(C)CC)ccc1C(=O)OC(C)(C)C. The fourth-order valence-corrected chi connectivity index (χ4v) is 16.0. The number of aryl methyl sites for hydroxylation is 4. The predicted octanol–water partition coefficient (Wildman–Crippen LogP) is 22.7. The molecule has 21 heteroatoms. The molecule has 0 N–H and O–H groups in total. The highest BCUT2D eigenvalue weighted by molar-refractivity contribution is 7.87. The number of esters is 1. The number of Topliss-reactive ketones (excluding diaryl/α,β-unsaturated/α-hetero) is 1. The Labute approximate surface area is 657 Å². The molecule has 16 nitrogen and oxygen atoms in total. The van der Waals surface area contributed by atoms with Gasteiger partial charge in [0.1, 0.15) is 5.60 Å². The van der Waals surface area contributed by atoms with Crippen molar-refractivity contribution in [2.24, 2.45) is 0 Å². The molecule has 592 valence electrons. The van der Waals surface area contributed by atoms with E-state index < -0.39 is 63.7 Å². The number of hydrogen-bond donors (Lipinski definition) is 0. The third kappa shape index (κ3) is 32.8. The third-order valence-electron chi connectivity index (χ3n) is 18.4. The van der Waals surface area contributed by atoms with Crippen LogP contribution in [-0.4, -0.2) is 74.9 Å². The minimum atomic E-state index is -3.69. The second-order valence-electron chi connectivity index (χ2n) is 29.9. The van der Waals surface area contributed by atoms with Crippen molar-refractivity contribution >= 4 is 69.5 Å². The van der Waals surface area contributed by atoms with Gasteiger partial charge in [-0.25, -0.2) is 9.64 Å². The number of nitrogens with zero attached hydrogens (tertiary/aromatic N) is 1. The smallest absolute Gasteiger partial charge is 0.328 e. The van der Waals surface area contributed by atoms with Crippen molar-refractivity contribution in [2.75, 3.05) is 0 Å². The molecule has 10 rings (SSSR count). The van der Waals surface area contributed by atoms with Crippen LogP contribution in [0.15, 0.2) is 208 Å². The Morgan fingerprint density at radius 1 is 0.486 bits per heavy atom. The van der Waals surface area contributed by atoms with E-state index in [-0.39, 0.29) is 37.6 Å². The van der Waals surface area contributed by atoms with Crippen LogP contribution in [0.1, 0.15) is 257 Å². The fourth-order valence-electron chi connectivity index (χ4n) is 11.3. The van der Waals surface area contributed by atoms with Crippen molar-refractivity contribution in [1.82, 2.24) is 0 Å². The summed E-state index contributed by atoms with van der Waals surface area (Å²) in [6.07, 6.45) is 21.6. The maximum atomic E-state index is 12.2. The van der Waals surface area contributed by atoms with E-state index in [1.54, 1.807) is 118 Å². The molecule has 0 aliphatic heterocycles. The molecule has 0 heterocycles. The molecule has 0 spiro atoms. The van der Waals surface area contributed by atoms with Crippen LogP contribution in [0.3, 0.4) is 0 Å². The molecule has 0 saturated heterocycles. The van der Waals surface area contributed by atoms with Gasteiger partial charge in [0, 0.05) is 17.0 Å². The average molecular weight is 1590 g/mol. The maximum Gasteiger partial charge on any atom is 0.328 e. The molecule has 0 bridgehead atoms. The molecule has 0 aromatic heterocycles. The minimum absolute atomic E-state index is 0.130. The normalized spacial score (nSPS) is 15.6. The molecule has 3 aliphatic rings. The van der Waals surface area contributed by atoms with Gasteiger partial charge in [0.15, 0.2) is 5.78 Å². The Morgan fingerprint density at radius 2 is 0.872 bits per heavy atom. The van der Waals surface area contributed by atoms with Crippen molar-refractivity contribution in [3.63, 3.8) is 0 Å². The molecule has 4 atom stereocenters. The van der Waals surface area contributed by atoms with Gasteiger partial charge >= 0.3 is 5.97 Å². The lowest BCUT2D eigenvalue weighted by Crippen LogP contribution is -2.24. The van der Waals surface area contributed by atoms with E-state index >= 15 is 0 Å². The van der Waals surface area contributed by atoms with E-state index in [0.717, 1.165) is 115 Å². The lowest BCUT2D eigenvalue weighted by molar-refractivity contribution is 0.00703. The van der Waals surface area contributed by atoms with Crippen molar-refractivity contribution in [3.8, 4) is 0 Å². The van der Waals surface area contributed by atoms with Crippen LogP contribution in [0, 0.1) is 27.3 Å². The Bertz CT molecular complexity index is 4550. The molecule has 7 aromatic rings. The average Bonchev–Trinajstić information content (AvgIpc) is 0.849. The first kappa shape index (κ1) is 92.2. The molecule has 2 saturated carbocycles. The zero-order chi connectivity index (χ0) is 80.8. The van der Waals surface area contributed by atoms with Crippen LogP contribution >= 0.6 is 11.6 Å². The number of hydrogen-bond acceptors (Lipinski definition) is 15. The number of carbonyl (C=O) groups excluding carboxylic acids is 2. The van der Waals surface area contributed by atoms with Crippen LogP contribution in [0.2, 0.25) is 5.02 Å². The van der Waals surface area contributed by atoms with Crippen LogP contribution in [0.5, 0.6) is 0 Å². The summed E-state index contributed by atoms with van der Waals surface area (Å²) in [4.78, 5) is 28.4. The van der Waals surface area contributed by atoms with Crippen LogP contribution in [-0.2, 0) is 68.4 Å². The number of ether oxygens (including phenoxy) is 1. The molecule has 0 radical (unpaired) electrons. The Balaban J connectivity index is 0.000000235. The van der Waals surface area contributed by atoms with Crippen LogP contribution in [0.4, 0.5) is 5.69 Å². The van der Waals surface area contributed by atoms with Crippen molar-refractivity contribution in [1.29, 1.82) is 0 Å². The van der Waals surface area contributed by atoms with Gasteiger partial charge < -0.3 is 4.74 Å². The topological polar surface area (TPSA) is 221 Å². The number of rotatable bonds is 22. The quantitative estimate of drug-likeness (QED) is 0.0266. The summed E-state index contributed by atoms with van der Waals surface area (Å²) in [6.45, 7) is 36.3. The highest BCUT2D eigenvalue weighted by atomic mass is 35.5. The summed E-state index contributed by atoms with van der Waals surface area (Å²) in [7, 11) is -14.5. The van der Waals surface area contributed by atoms with Gasteiger partial charge in [-0.2, -0.15) is 33.7 Å². The van der Waals surface area contributed by atoms with Crippen molar-refractivity contribution in [3.05, 3.63) is 255 Å². The number of halogens is 1. The summed E-state index contributed by atoms with van der Waals surface area (Å²) in [5, 5.41) is 0.726. The Hall–Kier alpha value is -7.42. The summed E-state index contributed by atoms with van der Waals surface area (Å²) in [5.41, 5.74) is 8.01. The zero-order valence-electron chi connectivity index (χ0n) is 66.3. The van der Waals surface area contributed by atoms with Gasteiger partial charge in [0.2, 0.25) is 5.69 Å². The molecule has 4 unspecified atom stereocenters. The first-order chi connectivity index (χ1) is 51.3. The minimum Gasteiger partial charge on any atom is -0.457 e. The summed E-state index contributed by atoms with van der Waals surface area (Å²) in [6, 6.07) is 48.2. The second-order valence-corrected chi connectivity index (χ2v) is 36.6. The van der Waals surface area contributed by atoms with E-state index in [4.69, 9.17) is 39.6 Å². The van der Waals surface area contributed by atoms with E-state index in [1.165, 1.54) is 24.0 Å². The van der Waals surface area contributed by atoms with Gasteiger partial charge in [-0.3, -0.25) is 21.5 Å².